The summed E-state index contributed by atoms with van der Waals surface area (Å²) in [5, 5.41) is 4.16. The lowest BCUT2D eigenvalue weighted by molar-refractivity contribution is -0.120. The molecule has 3 N–H and O–H groups in total. The van der Waals surface area contributed by atoms with Crippen molar-refractivity contribution in [1.29, 1.82) is 0 Å². The molecule has 1 aromatic carbocycles. The van der Waals surface area contributed by atoms with Crippen molar-refractivity contribution in [2.45, 2.75) is 60.4 Å². The van der Waals surface area contributed by atoms with Gasteiger partial charge in [0.05, 0.1) is 11.9 Å². The Labute approximate surface area is 164 Å². The Morgan fingerprint density at radius 3 is 2.50 bits per heavy atom. The highest BCUT2D eigenvalue weighted by atomic mass is 16.2. The fourth-order valence-corrected chi connectivity index (χ4v) is 3.67. The molecule has 1 amide bonds. The summed E-state index contributed by atoms with van der Waals surface area (Å²) in [6.07, 6.45) is 1.62. The first-order valence-corrected chi connectivity index (χ1v) is 9.80. The van der Waals surface area contributed by atoms with E-state index in [9.17, 15) is 9.59 Å². The lowest BCUT2D eigenvalue weighted by Gasteiger charge is -2.09. The molecule has 3 rings (SSSR count). The Bertz CT molecular complexity index is 1090. The molecular formula is C22H28N4O2. The topological polar surface area (TPSA) is 90.6 Å². The SMILES string of the molecule is CCc1nc(C)c(CC(=O)NCc2cc(C)cc3c(C)c(CC)[nH]c23)c(=O)[nH]1. The van der Waals surface area contributed by atoms with E-state index in [0.717, 1.165) is 23.1 Å². The second kappa shape index (κ2) is 8.00. The molecule has 0 radical (unpaired) electrons. The molecule has 148 valence electrons. The van der Waals surface area contributed by atoms with Gasteiger partial charge in [0.2, 0.25) is 5.91 Å². The Balaban J connectivity index is 1.79. The second-order valence-corrected chi connectivity index (χ2v) is 7.31. The molecule has 3 aromatic rings. The zero-order chi connectivity index (χ0) is 20.4. The van der Waals surface area contributed by atoms with E-state index in [1.165, 1.54) is 16.6 Å². The van der Waals surface area contributed by atoms with E-state index in [-0.39, 0.29) is 17.9 Å². The molecule has 0 bridgehead atoms. The van der Waals surface area contributed by atoms with Gasteiger partial charge >= 0.3 is 0 Å². The Hall–Kier alpha value is -2.89. The van der Waals surface area contributed by atoms with Crippen molar-refractivity contribution in [1.82, 2.24) is 20.3 Å². The van der Waals surface area contributed by atoms with E-state index in [1.54, 1.807) is 6.92 Å². The van der Waals surface area contributed by atoms with Crippen LogP contribution in [-0.4, -0.2) is 20.9 Å². The number of aromatic nitrogens is 3. The van der Waals surface area contributed by atoms with E-state index in [1.807, 2.05) is 6.92 Å². The van der Waals surface area contributed by atoms with Crippen molar-refractivity contribution in [3.05, 3.63) is 62.0 Å². The van der Waals surface area contributed by atoms with Crippen LogP contribution in [0.25, 0.3) is 10.9 Å². The molecule has 0 atom stereocenters. The molecule has 2 heterocycles. The molecule has 2 aromatic heterocycles. The number of nitrogens with zero attached hydrogens (tertiary/aromatic N) is 1. The summed E-state index contributed by atoms with van der Waals surface area (Å²) >= 11 is 0. The number of hydrogen-bond donors (Lipinski definition) is 3. The largest absolute Gasteiger partial charge is 0.358 e. The van der Waals surface area contributed by atoms with Crippen LogP contribution in [-0.2, 0) is 30.6 Å². The third-order valence-corrected chi connectivity index (χ3v) is 5.27. The molecule has 28 heavy (non-hydrogen) atoms. The van der Waals surface area contributed by atoms with Crippen molar-refractivity contribution in [2.24, 2.45) is 0 Å². The lowest BCUT2D eigenvalue weighted by atomic mass is 10.0. The van der Waals surface area contributed by atoms with Gasteiger partial charge in [0.15, 0.2) is 0 Å². The van der Waals surface area contributed by atoms with Crippen LogP contribution in [0.2, 0.25) is 0 Å². The Kier molecular flexibility index (Phi) is 5.68. The van der Waals surface area contributed by atoms with E-state index in [2.05, 4.69) is 53.2 Å². The van der Waals surface area contributed by atoms with E-state index in [0.29, 0.717) is 30.0 Å². The molecule has 0 saturated carbocycles. The highest BCUT2D eigenvalue weighted by Gasteiger charge is 2.14. The van der Waals surface area contributed by atoms with E-state index in [4.69, 9.17) is 0 Å². The molecule has 6 heteroatoms. The summed E-state index contributed by atoms with van der Waals surface area (Å²) in [5.74, 6) is 0.455. The van der Waals surface area contributed by atoms with Crippen LogP contribution in [0.1, 0.15) is 53.3 Å². The van der Waals surface area contributed by atoms with Crippen molar-refractivity contribution < 1.29 is 4.79 Å². The number of benzene rings is 1. The maximum Gasteiger partial charge on any atom is 0.254 e. The number of carbonyl (C=O) groups excluding carboxylic acids is 1. The van der Waals surface area contributed by atoms with E-state index >= 15 is 0 Å². The molecule has 0 saturated heterocycles. The summed E-state index contributed by atoms with van der Waals surface area (Å²) in [6, 6.07) is 4.27. The third kappa shape index (κ3) is 3.86. The summed E-state index contributed by atoms with van der Waals surface area (Å²) < 4.78 is 0. The fraction of sp³-hybridized carbons (Fsp3) is 0.409. The standard InChI is InChI=1S/C22H28N4O2/c1-6-18-13(4)16-9-12(3)8-15(21(16)25-18)11-23-20(27)10-17-14(5)24-19(7-2)26-22(17)28/h8-9,25H,6-7,10-11H2,1-5H3,(H,23,27)(H,24,26,28). The van der Waals surface area contributed by atoms with Gasteiger partial charge < -0.3 is 15.3 Å². The number of rotatable bonds is 6. The van der Waals surface area contributed by atoms with Crippen LogP contribution in [0.3, 0.4) is 0 Å². The van der Waals surface area contributed by atoms with Crippen LogP contribution < -0.4 is 10.9 Å². The molecule has 6 nitrogen and oxygen atoms in total. The van der Waals surface area contributed by atoms with Gasteiger partial charge in [-0.3, -0.25) is 9.59 Å². The summed E-state index contributed by atoms with van der Waals surface area (Å²) in [4.78, 5) is 35.3. The van der Waals surface area contributed by atoms with Crippen LogP contribution in [0.15, 0.2) is 16.9 Å². The molecule has 0 fully saturated rings. The molecule has 0 aliphatic carbocycles. The quantitative estimate of drug-likeness (QED) is 0.613. The number of nitrogens with one attached hydrogen (secondary N) is 3. The van der Waals surface area contributed by atoms with Crippen molar-refractivity contribution in [3.63, 3.8) is 0 Å². The maximum atomic E-state index is 12.5. The van der Waals surface area contributed by atoms with Gasteiger partial charge in [-0.25, -0.2) is 4.98 Å². The van der Waals surface area contributed by atoms with Crippen molar-refractivity contribution >= 4 is 16.8 Å². The van der Waals surface area contributed by atoms with Gasteiger partial charge in [-0.2, -0.15) is 0 Å². The smallest absolute Gasteiger partial charge is 0.254 e. The van der Waals surface area contributed by atoms with Gasteiger partial charge in [-0.1, -0.05) is 25.5 Å². The predicted octanol–water partition coefficient (Wildman–Crippen LogP) is 3.16. The molecular weight excluding hydrogens is 352 g/mol. The number of hydrogen-bond acceptors (Lipinski definition) is 3. The van der Waals surface area contributed by atoms with Crippen LogP contribution >= 0.6 is 0 Å². The van der Waals surface area contributed by atoms with Gasteiger partial charge in [-0.05, 0) is 44.4 Å². The number of fused-ring (bicyclic) bond motifs is 1. The zero-order valence-corrected chi connectivity index (χ0v) is 17.2. The predicted molar refractivity (Wildman–Crippen MR) is 112 cm³/mol. The Morgan fingerprint density at radius 2 is 1.86 bits per heavy atom. The normalized spacial score (nSPS) is 11.2. The van der Waals surface area contributed by atoms with Crippen LogP contribution in [0.4, 0.5) is 0 Å². The highest BCUT2D eigenvalue weighted by Crippen LogP contribution is 2.26. The molecule has 0 unspecified atom stereocenters. The van der Waals surface area contributed by atoms with Gasteiger partial charge in [0.1, 0.15) is 5.82 Å². The summed E-state index contributed by atoms with van der Waals surface area (Å²) in [6.45, 7) is 10.4. The molecule has 0 aliphatic heterocycles. The first-order chi connectivity index (χ1) is 13.3. The monoisotopic (exact) mass is 380 g/mol. The van der Waals surface area contributed by atoms with E-state index < -0.39 is 0 Å². The fourth-order valence-electron chi connectivity index (χ4n) is 3.67. The summed E-state index contributed by atoms with van der Waals surface area (Å²) in [7, 11) is 0. The average Bonchev–Trinajstić information content (AvgIpc) is 2.98. The number of aromatic amines is 2. The lowest BCUT2D eigenvalue weighted by Crippen LogP contribution is -2.29. The maximum absolute atomic E-state index is 12.5. The second-order valence-electron chi connectivity index (χ2n) is 7.31. The number of H-pyrrole nitrogens is 2. The zero-order valence-electron chi connectivity index (χ0n) is 17.2. The number of amides is 1. The molecule has 0 spiro atoms. The van der Waals surface area contributed by atoms with Gasteiger partial charge in [0, 0.05) is 35.3 Å². The minimum atomic E-state index is -0.231. The summed E-state index contributed by atoms with van der Waals surface area (Å²) in [5.41, 5.74) is 6.57. The Morgan fingerprint density at radius 1 is 1.11 bits per heavy atom. The number of aryl methyl sites for hydroxylation is 5. The van der Waals surface area contributed by atoms with Crippen LogP contribution in [0, 0.1) is 20.8 Å². The highest BCUT2D eigenvalue weighted by molar-refractivity contribution is 5.88. The van der Waals surface area contributed by atoms with Crippen molar-refractivity contribution in [3.8, 4) is 0 Å². The van der Waals surface area contributed by atoms with Crippen LogP contribution in [0.5, 0.6) is 0 Å². The first-order valence-electron chi connectivity index (χ1n) is 9.80. The van der Waals surface area contributed by atoms with Crippen molar-refractivity contribution in [2.75, 3.05) is 0 Å². The third-order valence-electron chi connectivity index (χ3n) is 5.27. The minimum Gasteiger partial charge on any atom is -0.358 e. The van der Waals surface area contributed by atoms with Gasteiger partial charge in [-0.15, -0.1) is 0 Å². The average molecular weight is 380 g/mol. The number of carbonyl (C=O) groups is 1. The van der Waals surface area contributed by atoms with Gasteiger partial charge in [0.25, 0.3) is 5.56 Å². The molecule has 0 aliphatic rings. The minimum absolute atomic E-state index is 0.0249. The first kappa shape index (κ1) is 19.9.